The lowest BCUT2D eigenvalue weighted by Crippen LogP contribution is -2.66. The number of Topliss-reactive ketones (excluding diaryl/α,β-unsaturated/α-hetero) is 1. The lowest BCUT2D eigenvalue weighted by Gasteiger charge is -2.72. The summed E-state index contributed by atoms with van der Waals surface area (Å²) in [5.74, 6) is 4.33. The van der Waals surface area contributed by atoms with E-state index in [0.717, 1.165) is 36.5 Å². The van der Waals surface area contributed by atoms with E-state index < -0.39 is 0 Å². The van der Waals surface area contributed by atoms with Crippen LogP contribution in [0.15, 0.2) is 12.2 Å². The maximum absolute atomic E-state index is 12.9. The first-order valence-electron chi connectivity index (χ1n) is 13.5. The van der Waals surface area contributed by atoms with Gasteiger partial charge in [0.15, 0.2) is 0 Å². The maximum Gasteiger partial charge on any atom is 0.138 e. The largest absolute Gasteiger partial charge is 0.299 e. The van der Waals surface area contributed by atoms with Crippen LogP contribution in [0.1, 0.15) is 113 Å². The fraction of sp³-hybridized carbons (Fsp3) is 0.900. The summed E-state index contributed by atoms with van der Waals surface area (Å²) in [5, 5.41) is 0. The molecule has 1 heteroatoms. The molecular weight excluding hydrogens is 376 g/mol. The second-order valence-corrected chi connectivity index (χ2v) is 14.5. The summed E-state index contributed by atoms with van der Waals surface area (Å²) in [6.45, 7) is 22.0. The van der Waals surface area contributed by atoms with E-state index in [1.165, 1.54) is 56.9 Å². The van der Waals surface area contributed by atoms with Crippen LogP contribution in [0.5, 0.6) is 0 Å². The van der Waals surface area contributed by atoms with Crippen molar-refractivity contribution in [3.8, 4) is 0 Å². The van der Waals surface area contributed by atoms with Crippen molar-refractivity contribution in [1.82, 2.24) is 0 Å². The minimum Gasteiger partial charge on any atom is -0.299 e. The molecule has 0 aromatic rings. The van der Waals surface area contributed by atoms with E-state index in [2.05, 4.69) is 55.0 Å². The highest BCUT2D eigenvalue weighted by Crippen LogP contribution is 2.77. The van der Waals surface area contributed by atoms with E-state index in [1.54, 1.807) is 0 Å². The molecule has 5 rings (SSSR count). The molecule has 0 saturated heterocycles. The second kappa shape index (κ2) is 6.50. The number of carbonyl (C=O) groups excluding carboxylic acids is 1. The number of hydrogen-bond donors (Lipinski definition) is 0. The Morgan fingerprint density at radius 3 is 2.19 bits per heavy atom. The van der Waals surface area contributed by atoms with E-state index in [9.17, 15) is 4.79 Å². The molecule has 0 aromatic carbocycles. The Morgan fingerprint density at radius 2 is 1.52 bits per heavy atom. The Hall–Kier alpha value is -0.590. The van der Waals surface area contributed by atoms with Gasteiger partial charge in [-0.15, -0.1) is 0 Å². The topological polar surface area (TPSA) is 17.1 Å². The Bertz CT molecular complexity index is 807. The molecule has 5 aliphatic carbocycles. The molecule has 0 heterocycles. The molecule has 7 unspecified atom stereocenters. The normalized spacial score (nSPS) is 55.6. The average Bonchev–Trinajstić information content (AvgIpc) is 3.04. The third-order valence-corrected chi connectivity index (χ3v) is 13.2. The van der Waals surface area contributed by atoms with E-state index in [-0.39, 0.29) is 5.41 Å². The van der Waals surface area contributed by atoms with Crippen LogP contribution in [-0.4, -0.2) is 5.78 Å². The molecule has 9 atom stereocenters. The van der Waals surface area contributed by atoms with Crippen molar-refractivity contribution >= 4 is 5.78 Å². The Kier molecular flexibility index (Phi) is 4.66. The molecule has 0 bridgehead atoms. The molecule has 5 fully saturated rings. The smallest absolute Gasteiger partial charge is 0.138 e. The van der Waals surface area contributed by atoms with Gasteiger partial charge in [0.2, 0.25) is 0 Å². The monoisotopic (exact) mass is 424 g/mol. The molecule has 0 spiro atoms. The van der Waals surface area contributed by atoms with Crippen molar-refractivity contribution in [2.75, 3.05) is 0 Å². The zero-order valence-electron chi connectivity index (χ0n) is 21.6. The highest BCUT2D eigenvalue weighted by Gasteiger charge is 2.70. The summed E-state index contributed by atoms with van der Waals surface area (Å²) in [6.07, 6.45) is 13.0. The minimum atomic E-state index is -0.131. The van der Waals surface area contributed by atoms with Crippen molar-refractivity contribution in [1.29, 1.82) is 0 Å². The summed E-state index contributed by atoms with van der Waals surface area (Å²) < 4.78 is 0. The third-order valence-electron chi connectivity index (χ3n) is 13.2. The summed E-state index contributed by atoms with van der Waals surface area (Å²) in [4.78, 5) is 12.9. The van der Waals surface area contributed by atoms with Crippen molar-refractivity contribution in [3.63, 3.8) is 0 Å². The fourth-order valence-corrected chi connectivity index (χ4v) is 11.3. The van der Waals surface area contributed by atoms with E-state index in [4.69, 9.17) is 0 Å². The van der Waals surface area contributed by atoms with Crippen LogP contribution >= 0.6 is 0 Å². The van der Waals surface area contributed by atoms with Gasteiger partial charge in [0.1, 0.15) is 5.78 Å². The van der Waals surface area contributed by atoms with Crippen molar-refractivity contribution in [2.24, 2.45) is 56.7 Å². The van der Waals surface area contributed by atoms with Crippen LogP contribution in [0.2, 0.25) is 0 Å². The maximum atomic E-state index is 12.9. The summed E-state index contributed by atoms with van der Waals surface area (Å²) in [6, 6.07) is 0. The van der Waals surface area contributed by atoms with Crippen LogP contribution in [-0.2, 0) is 4.79 Å². The van der Waals surface area contributed by atoms with Gasteiger partial charge in [-0.25, -0.2) is 0 Å². The first-order chi connectivity index (χ1) is 14.3. The van der Waals surface area contributed by atoms with Gasteiger partial charge < -0.3 is 0 Å². The van der Waals surface area contributed by atoms with Crippen molar-refractivity contribution < 1.29 is 4.79 Å². The van der Waals surface area contributed by atoms with Gasteiger partial charge in [-0.2, -0.15) is 0 Å². The first kappa shape index (κ1) is 22.2. The molecular formula is C30H48O. The lowest BCUT2D eigenvalue weighted by molar-refractivity contribution is -0.232. The number of rotatable bonds is 1. The number of hydrogen-bond acceptors (Lipinski definition) is 1. The number of allylic oxidation sites excluding steroid dienone is 1. The SMILES string of the molecule is C=C(C)[C@@H]1CCC2(C)CC[C@]3(C)C(CCC4C5(C)CCC(=O)C(C)(C)C5CCC43C)C12. The number of ketones is 1. The van der Waals surface area contributed by atoms with Gasteiger partial charge in [0.05, 0.1) is 0 Å². The molecule has 5 saturated carbocycles. The van der Waals surface area contributed by atoms with Gasteiger partial charge in [-0.05, 0) is 116 Å². The Balaban J connectivity index is 1.55. The molecule has 174 valence electrons. The Morgan fingerprint density at radius 1 is 0.806 bits per heavy atom. The zero-order chi connectivity index (χ0) is 22.6. The van der Waals surface area contributed by atoms with Gasteiger partial charge in [0, 0.05) is 11.8 Å². The molecule has 0 N–H and O–H groups in total. The predicted molar refractivity (Wildman–Crippen MR) is 130 cm³/mol. The second-order valence-electron chi connectivity index (χ2n) is 14.5. The van der Waals surface area contributed by atoms with Crippen molar-refractivity contribution in [2.45, 2.75) is 113 Å². The van der Waals surface area contributed by atoms with Gasteiger partial charge in [-0.3, -0.25) is 4.79 Å². The predicted octanol–water partition coefficient (Wildman–Crippen LogP) is 8.23. The zero-order valence-corrected chi connectivity index (χ0v) is 21.6. The number of carbonyl (C=O) groups is 1. The van der Waals surface area contributed by atoms with Crippen LogP contribution in [0.25, 0.3) is 0 Å². The molecule has 0 aromatic heterocycles. The molecule has 0 amide bonds. The highest BCUT2D eigenvalue weighted by atomic mass is 16.1. The minimum absolute atomic E-state index is 0.131. The van der Waals surface area contributed by atoms with Crippen LogP contribution in [0.3, 0.4) is 0 Å². The van der Waals surface area contributed by atoms with Crippen LogP contribution in [0, 0.1) is 56.7 Å². The molecule has 0 radical (unpaired) electrons. The van der Waals surface area contributed by atoms with Gasteiger partial charge in [0.25, 0.3) is 0 Å². The number of fused-ring (bicyclic) bond motifs is 7. The van der Waals surface area contributed by atoms with Gasteiger partial charge >= 0.3 is 0 Å². The van der Waals surface area contributed by atoms with Crippen LogP contribution < -0.4 is 0 Å². The summed E-state index contributed by atoms with van der Waals surface area (Å²) >= 11 is 0. The standard InChI is InChI=1S/C30H48O/c1-19(2)20-11-14-27(5)17-18-29(7)21(25(20)27)9-10-23-28(6)15-13-24(31)26(3,4)22(28)12-16-30(23,29)8/h20-23,25H,1,9-18H2,2-8H3/t20-,21?,22?,23?,25?,27?,28?,29+,30?/m0/s1. The lowest BCUT2D eigenvalue weighted by atomic mass is 9.32. The average molecular weight is 425 g/mol. The van der Waals surface area contributed by atoms with E-state index in [1.807, 2.05) is 0 Å². The molecule has 31 heavy (non-hydrogen) atoms. The van der Waals surface area contributed by atoms with E-state index in [0.29, 0.717) is 33.4 Å². The van der Waals surface area contributed by atoms with Crippen molar-refractivity contribution in [3.05, 3.63) is 12.2 Å². The molecule has 0 aliphatic heterocycles. The highest BCUT2D eigenvalue weighted by molar-refractivity contribution is 5.85. The quantitative estimate of drug-likeness (QED) is 0.387. The van der Waals surface area contributed by atoms with Crippen LogP contribution in [0.4, 0.5) is 0 Å². The van der Waals surface area contributed by atoms with E-state index >= 15 is 0 Å². The first-order valence-corrected chi connectivity index (χ1v) is 13.5. The van der Waals surface area contributed by atoms with Gasteiger partial charge in [-0.1, -0.05) is 53.7 Å². The summed E-state index contributed by atoms with van der Waals surface area (Å²) in [7, 11) is 0. The molecule has 1 nitrogen and oxygen atoms in total. The Labute approximate surface area is 192 Å². The molecule has 5 aliphatic rings. The fourth-order valence-electron chi connectivity index (χ4n) is 11.3. The third kappa shape index (κ3) is 2.59. The summed E-state index contributed by atoms with van der Waals surface area (Å²) in [5.41, 5.74) is 3.06.